The van der Waals surface area contributed by atoms with Gasteiger partial charge in [0.1, 0.15) is 0 Å². The van der Waals surface area contributed by atoms with Crippen molar-refractivity contribution in [2.24, 2.45) is 5.92 Å². The summed E-state index contributed by atoms with van der Waals surface area (Å²) in [6.07, 6.45) is -0.956. The molecule has 0 aliphatic carbocycles. The Morgan fingerprint density at radius 1 is 1.19 bits per heavy atom. The number of halogens is 1. The van der Waals surface area contributed by atoms with Crippen LogP contribution < -0.4 is 4.90 Å². The number of epoxide rings is 1. The molecule has 0 unspecified atom stereocenters. The summed E-state index contributed by atoms with van der Waals surface area (Å²) in [6, 6.07) is 7.27. The number of esters is 1. The summed E-state index contributed by atoms with van der Waals surface area (Å²) in [4.78, 5) is 43.1. The van der Waals surface area contributed by atoms with Gasteiger partial charge in [0.2, 0.25) is 0 Å². The van der Waals surface area contributed by atoms with Crippen LogP contribution in [0.4, 0.5) is 10.5 Å². The molecular formula is C22H30ClN3O5. The van der Waals surface area contributed by atoms with E-state index in [1.807, 2.05) is 38.1 Å². The molecule has 0 N–H and O–H groups in total. The summed E-state index contributed by atoms with van der Waals surface area (Å²) < 4.78 is 10.1. The van der Waals surface area contributed by atoms with E-state index in [1.165, 1.54) is 11.8 Å². The van der Waals surface area contributed by atoms with Crippen LogP contribution in [0.25, 0.3) is 0 Å². The molecule has 0 aromatic heterocycles. The van der Waals surface area contributed by atoms with Crippen molar-refractivity contribution in [3.8, 4) is 0 Å². The third-order valence-corrected chi connectivity index (χ3v) is 5.62. The predicted molar refractivity (Wildman–Crippen MR) is 117 cm³/mol. The Hall–Kier alpha value is -2.32. The van der Waals surface area contributed by atoms with Crippen LogP contribution >= 0.6 is 11.6 Å². The third-order valence-electron chi connectivity index (χ3n) is 5.39. The first-order valence-electron chi connectivity index (χ1n) is 10.7. The molecule has 0 saturated carbocycles. The molecule has 170 valence electrons. The van der Waals surface area contributed by atoms with Crippen molar-refractivity contribution < 1.29 is 23.9 Å². The molecule has 2 aliphatic heterocycles. The van der Waals surface area contributed by atoms with Gasteiger partial charge in [0.15, 0.2) is 12.2 Å². The summed E-state index contributed by atoms with van der Waals surface area (Å²) in [7, 11) is 0. The van der Waals surface area contributed by atoms with Gasteiger partial charge in [-0.15, -0.1) is 0 Å². The number of piperazine rings is 1. The predicted octanol–water partition coefficient (Wildman–Crippen LogP) is 2.79. The molecule has 1 aromatic rings. The highest BCUT2D eigenvalue weighted by Crippen LogP contribution is 2.21. The lowest BCUT2D eigenvalue weighted by Crippen LogP contribution is -2.56. The number of amides is 3. The molecule has 31 heavy (non-hydrogen) atoms. The van der Waals surface area contributed by atoms with Crippen LogP contribution in [-0.4, -0.2) is 79.2 Å². The van der Waals surface area contributed by atoms with Crippen LogP contribution in [0, 0.1) is 5.92 Å². The second kappa shape index (κ2) is 10.3. The maximum Gasteiger partial charge on any atom is 0.338 e. The average Bonchev–Trinajstić information content (AvgIpc) is 3.59. The Morgan fingerprint density at radius 2 is 1.87 bits per heavy atom. The fourth-order valence-electron chi connectivity index (χ4n) is 3.39. The summed E-state index contributed by atoms with van der Waals surface area (Å²) in [5.74, 6) is -0.746. The Kier molecular flexibility index (Phi) is 7.78. The summed E-state index contributed by atoms with van der Waals surface area (Å²) in [5, 5.41) is 0.668. The van der Waals surface area contributed by atoms with Gasteiger partial charge < -0.3 is 19.3 Å². The molecular weight excluding hydrogens is 422 g/mol. The highest BCUT2D eigenvalue weighted by molar-refractivity contribution is 6.30. The molecule has 0 spiro atoms. The Bertz CT molecular complexity index is 806. The number of urea groups is 1. The SMILES string of the molecule is CC(C)CCN(C(=O)[C@H](C)OC(=O)[C@@H]1CO1)C(=O)N1CCN(c2cccc(Cl)c2)CC1. The number of carbonyl (C=O) groups excluding carboxylic acids is 3. The first kappa shape index (κ1) is 23.3. The first-order valence-corrected chi connectivity index (χ1v) is 11.1. The van der Waals surface area contributed by atoms with Gasteiger partial charge in [-0.1, -0.05) is 31.5 Å². The van der Waals surface area contributed by atoms with E-state index in [0.29, 0.717) is 50.1 Å². The lowest BCUT2D eigenvalue weighted by atomic mass is 10.1. The zero-order valence-electron chi connectivity index (χ0n) is 18.3. The van der Waals surface area contributed by atoms with Crippen LogP contribution in [0.2, 0.25) is 5.02 Å². The molecule has 1 aromatic carbocycles. The van der Waals surface area contributed by atoms with Crippen molar-refractivity contribution in [2.45, 2.75) is 39.4 Å². The molecule has 0 radical (unpaired) electrons. The Morgan fingerprint density at radius 3 is 2.45 bits per heavy atom. The van der Waals surface area contributed by atoms with Gasteiger partial charge in [0.25, 0.3) is 5.91 Å². The van der Waals surface area contributed by atoms with Crippen LogP contribution in [0.1, 0.15) is 27.2 Å². The number of nitrogens with zero attached hydrogens (tertiary/aromatic N) is 3. The number of benzene rings is 1. The molecule has 2 heterocycles. The van der Waals surface area contributed by atoms with E-state index in [0.717, 1.165) is 5.69 Å². The number of hydrogen-bond acceptors (Lipinski definition) is 6. The van der Waals surface area contributed by atoms with Gasteiger partial charge >= 0.3 is 12.0 Å². The van der Waals surface area contributed by atoms with Crippen LogP contribution in [0.5, 0.6) is 0 Å². The number of ether oxygens (including phenoxy) is 2. The zero-order chi connectivity index (χ0) is 22.5. The number of hydrogen-bond donors (Lipinski definition) is 0. The van der Waals surface area contributed by atoms with E-state index in [4.69, 9.17) is 21.1 Å². The fraction of sp³-hybridized carbons (Fsp3) is 0.591. The molecule has 8 nitrogen and oxygen atoms in total. The highest BCUT2D eigenvalue weighted by atomic mass is 35.5. The van der Waals surface area contributed by atoms with Gasteiger partial charge in [0.05, 0.1) is 6.61 Å². The first-order chi connectivity index (χ1) is 14.8. The van der Waals surface area contributed by atoms with Crippen LogP contribution in [0.15, 0.2) is 24.3 Å². The monoisotopic (exact) mass is 451 g/mol. The molecule has 0 bridgehead atoms. The normalized spacial score (nSPS) is 19.2. The van der Waals surface area contributed by atoms with Crippen molar-refractivity contribution in [1.82, 2.24) is 9.80 Å². The lowest BCUT2D eigenvalue weighted by molar-refractivity contribution is -0.159. The van der Waals surface area contributed by atoms with E-state index in [2.05, 4.69) is 4.90 Å². The van der Waals surface area contributed by atoms with Gasteiger partial charge in [0, 0.05) is 43.4 Å². The number of carbonyl (C=O) groups is 3. The van der Waals surface area contributed by atoms with E-state index < -0.39 is 24.1 Å². The van der Waals surface area contributed by atoms with Gasteiger partial charge in [-0.05, 0) is 37.5 Å². The van der Waals surface area contributed by atoms with Crippen molar-refractivity contribution in [3.05, 3.63) is 29.3 Å². The smallest absolute Gasteiger partial charge is 0.338 e. The molecule has 3 amide bonds. The van der Waals surface area contributed by atoms with Crippen molar-refractivity contribution in [1.29, 1.82) is 0 Å². The third kappa shape index (κ3) is 6.33. The minimum atomic E-state index is -1.04. The molecule has 2 fully saturated rings. The topological polar surface area (TPSA) is 82.7 Å². The molecule has 2 saturated heterocycles. The second-order valence-electron chi connectivity index (χ2n) is 8.31. The number of anilines is 1. The van der Waals surface area contributed by atoms with E-state index in [9.17, 15) is 14.4 Å². The zero-order valence-corrected chi connectivity index (χ0v) is 19.0. The molecule has 9 heteroatoms. The highest BCUT2D eigenvalue weighted by Gasteiger charge is 2.37. The minimum absolute atomic E-state index is 0.283. The number of rotatable bonds is 7. The maximum absolute atomic E-state index is 13.2. The van der Waals surface area contributed by atoms with Crippen LogP contribution in [-0.2, 0) is 19.1 Å². The molecule has 3 rings (SSSR count). The largest absolute Gasteiger partial charge is 0.451 e. The summed E-state index contributed by atoms with van der Waals surface area (Å²) >= 11 is 6.09. The molecule has 2 atom stereocenters. The van der Waals surface area contributed by atoms with E-state index >= 15 is 0 Å². The van der Waals surface area contributed by atoms with Crippen molar-refractivity contribution in [3.63, 3.8) is 0 Å². The van der Waals surface area contributed by atoms with Gasteiger partial charge in [-0.2, -0.15) is 0 Å². The summed E-state index contributed by atoms with van der Waals surface area (Å²) in [5.41, 5.74) is 1.01. The second-order valence-corrected chi connectivity index (χ2v) is 8.75. The summed E-state index contributed by atoms with van der Waals surface area (Å²) in [6.45, 7) is 8.41. The van der Waals surface area contributed by atoms with Crippen molar-refractivity contribution in [2.75, 3.05) is 44.2 Å². The van der Waals surface area contributed by atoms with Gasteiger partial charge in [-0.25, -0.2) is 9.59 Å². The molecule has 2 aliphatic rings. The van der Waals surface area contributed by atoms with E-state index in [-0.39, 0.29) is 12.6 Å². The standard InChI is InChI=1S/C22H30ClN3O5/c1-15(2)7-8-26(20(27)16(3)31-21(28)19-14-30-19)22(29)25-11-9-24(10-12-25)18-6-4-5-17(23)13-18/h4-6,13,15-16,19H,7-12,14H2,1-3H3/t16-,19-/m0/s1. The van der Waals surface area contributed by atoms with Crippen molar-refractivity contribution >= 4 is 35.2 Å². The minimum Gasteiger partial charge on any atom is -0.451 e. The Labute approximate surface area is 188 Å². The maximum atomic E-state index is 13.2. The van der Waals surface area contributed by atoms with Gasteiger partial charge in [-0.3, -0.25) is 9.69 Å². The lowest BCUT2D eigenvalue weighted by Gasteiger charge is -2.38. The number of imide groups is 1. The van der Waals surface area contributed by atoms with Crippen LogP contribution in [0.3, 0.4) is 0 Å². The fourth-order valence-corrected chi connectivity index (χ4v) is 3.58. The van der Waals surface area contributed by atoms with E-state index in [1.54, 1.807) is 4.90 Å². The quantitative estimate of drug-likeness (QED) is 0.468. The average molecular weight is 452 g/mol. The Balaban J connectivity index is 1.62.